The number of methoxy groups -OCH3 is 1. The quantitative estimate of drug-likeness (QED) is 0.872. The van der Waals surface area contributed by atoms with Gasteiger partial charge in [-0.05, 0) is 31.6 Å². The summed E-state index contributed by atoms with van der Waals surface area (Å²) in [6, 6.07) is -0.181. The molecule has 2 amide bonds. The van der Waals surface area contributed by atoms with Gasteiger partial charge in [-0.15, -0.1) is 11.3 Å². The minimum absolute atomic E-state index is 0.0672. The lowest BCUT2D eigenvalue weighted by atomic mass is 9.68. The number of urea groups is 1. The minimum atomic E-state index is -0.181. The van der Waals surface area contributed by atoms with Gasteiger partial charge in [0.1, 0.15) is 0 Å². The Hall–Kier alpha value is -1.18. The van der Waals surface area contributed by atoms with Gasteiger partial charge in [-0.2, -0.15) is 0 Å². The second-order valence-corrected chi connectivity index (χ2v) is 7.46. The van der Waals surface area contributed by atoms with E-state index in [1.165, 1.54) is 24.2 Å². The molecule has 3 fully saturated rings. The van der Waals surface area contributed by atoms with Gasteiger partial charge >= 0.3 is 6.03 Å². The lowest BCUT2D eigenvalue weighted by Crippen LogP contribution is -2.51. The molecule has 120 valence electrons. The molecule has 2 N–H and O–H groups in total. The molecule has 2 aliphatic carbocycles. The number of carbonyl (C=O) groups excluding carboxylic acids is 1. The summed E-state index contributed by atoms with van der Waals surface area (Å²) in [5, 5.41) is 8.33. The number of carbonyl (C=O) groups is 1. The molecule has 0 unspecified atom stereocenters. The summed E-state index contributed by atoms with van der Waals surface area (Å²) in [6.45, 7) is 2.04. The molecule has 6 nitrogen and oxygen atoms in total. The first-order chi connectivity index (χ1) is 10.7. The molecule has 2 heterocycles. The van der Waals surface area contributed by atoms with Crippen molar-refractivity contribution in [3.63, 3.8) is 0 Å². The first-order valence-electron chi connectivity index (χ1n) is 7.80. The van der Waals surface area contributed by atoms with Crippen LogP contribution in [0.2, 0.25) is 0 Å². The number of ether oxygens (including phenoxy) is 2. The third-order valence-electron chi connectivity index (χ3n) is 5.49. The Balaban J connectivity index is 1.31. The van der Waals surface area contributed by atoms with E-state index in [-0.39, 0.29) is 17.0 Å². The number of nitrogens with zero attached hydrogens (tertiary/aromatic N) is 1. The lowest BCUT2D eigenvalue weighted by Gasteiger charge is -2.45. The summed E-state index contributed by atoms with van der Waals surface area (Å²) < 4.78 is 11.1. The van der Waals surface area contributed by atoms with Crippen molar-refractivity contribution in [3.05, 3.63) is 11.1 Å². The zero-order chi connectivity index (χ0) is 15.2. The normalized spacial score (nSPS) is 30.7. The lowest BCUT2D eigenvalue weighted by molar-refractivity contribution is -0.109. The van der Waals surface area contributed by atoms with Crippen molar-refractivity contribution in [1.29, 1.82) is 0 Å². The zero-order valence-electron chi connectivity index (χ0n) is 12.7. The molecule has 3 aliphatic rings. The van der Waals surface area contributed by atoms with Gasteiger partial charge in [0.25, 0.3) is 0 Å². The average Bonchev–Trinajstić information content (AvgIpc) is 2.84. The van der Waals surface area contributed by atoms with Gasteiger partial charge in [0, 0.05) is 24.4 Å². The van der Waals surface area contributed by atoms with Crippen LogP contribution in [0.15, 0.2) is 5.38 Å². The van der Waals surface area contributed by atoms with E-state index < -0.39 is 0 Å². The Morgan fingerprint density at radius 3 is 3.14 bits per heavy atom. The Morgan fingerprint density at radius 1 is 1.59 bits per heavy atom. The molecular formula is C15H21N3O3S. The second-order valence-electron chi connectivity index (χ2n) is 6.60. The average molecular weight is 323 g/mol. The number of hydrogen-bond donors (Lipinski definition) is 2. The summed E-state index contributed by atoms with van der Waals surface area (Å²) in [5.41, 5.74) is 1.10. The predicted molar refractivity (Wildman–Crippen MR) is 82.9 cm³/mol. The van der Waals surface area contributed by atoms with Crippen LogP contribution in [0, 0.1) is 11.3 Å². The molecule has 2 saturated carbocycles. The molecule has 22 heavy (non-hydrogen) atoms. The van der Waals surface area contributed by atoms with Gasteiger partial charge in [-0.25, -0.2) is 9.78 Å². The van der Waals surface area contributed by atoms with Crippen LogP contribution in [0.4, 0.5) is 9.93 Å². The molecule has 2 atom stereocenters. The number of anilines is 1. The molecule has 1 spiro atoms. The summed E-state index contributed by atoms with van der Waals surface area (Å²) in [5.74, 6) is 0.640. The Kier molecular flexibility index (Phi) is 3.39. The van der Waals surface area contributed by atoms with E-state index in [2.05, 4.69) is 15.6 Å². The molecule has 0 radical (unpaired) electrons. The summed E-state index contributed by atoms with van der Waals surface area (Å²) in [6.07, 6.45) is 4.75. The maximum atomic E-state index is 12.1. The van der Waals surface area contributed by atoms with Crippen molar-refractivity contribution in [2.24, 2.45) is 11.3 Å². The highest BCUT2D eigenvalue weighted by Gasteiger charge is 2.73. The molecule has 0 aromatic carbocycles. The fraction of sp³-hybridized carbons (Fsp3) is 0.733. The van der Waals surface area contributed by atoms with Gasteiger partial charge in [-0.1, -0.05) is 0 Å². The maximum Gasteiger partial charge on any atom is 0.321 e. The highest BCUT2D eigenvalue weighted by Crippen LogP contribution is 2.70. The standard InChI is InChI=1S/C15H21N3O3S/c1-20-7-11-8-22-13(17-11)18-12(19)16-9-14-5-10(14)6-21-15(14)3-2-4-15/h8,10H,2-7,9H2,1H3,(H2,16,17,18,19)/t10-,14+/m0/s1. The highest BCUT2D eigenvalue weighted by atomic mass is 32.1. The van der Waals surface area contributed by atoms with Crippen molar-refractivity contribution in [2.75, 3.05) is 25.6 Å². The van der Waals surface area contributed by atoms with Crippen LogP contribution in [-0.2, 0) is 16.1 Å². The fourth-order valence-corrected chi connectivity index (χ4v) is 4.73. The monoisotopic (exact) mass is 323 g/mol. The predicted octanol–water partition coefficient (Wildman–Crippen LogP) is 2.37. The van der Waals surface area contributed by atoms with Gasteiger partial charge < -0.3 is 14.8 Å². The minimum Gasteiger partial charge on any atom is -0.378 e. The molecule has 1 aromatic rings. The SMILES string of the molecule is COCc1csc(NC(=O)NC[C@]23C[C@H]2COC32CCC2)n1. The topological polar surface area (TPSA) is 72.5 Å². The molecule has 1 aromatic heterocycles. The van der Waals surface area contributed by atoms with E-state index in [9.17, 15) is 4.79 Å². The van der Waals surface area contributed by atoms with Crippen LogP contribution in [-0.4, -0.2) is 36.9 Å². The van der Waals surface area contributed by atoms with Crippen LogP contribution in [0.1, 0.15) is 31.4 Å². The Labute approximate surface area is 133 Å². The van der Waals surface area contributed by atoms with Crippen molar-refractivity contribution >= 4 is 22.5 Å². The van der Waals surface area contributed by atoms with Crippen LogP contribution in [0.25, 0.3) is 0 Å². The van der Waals surface area contributed by atoms with Gasteiger partial charge in [-0.3, -0.25) is 5.32 Å². The van der Waals surface area contributed by atoms with E-state index in [1.807, 2.05) is 5.38 Å². The summed E-state index contributed by atoms with van der Waals surface area (Å²) in [4.78, 5) is 16.4. The summed E-state index contributed by atoms with van der Waals surface area (Å²) in [7, 11) is 1.63. The molecule has 0 bridgehead atoms. The van der Waals surface area contributed by atoms with E-state index in [0.717, 1.165) is 25.1 Å². The highest BCUT2D eigenvalue weighted by molar-refractivity contribution is 7.13. The molecule has 7 heteroatoms. The number of amides is 2. The molecule has 1 aliphatic heterocycles. The number of fused-ring (bicyclic) bond motifs is 2. The molecular weight excluding hydrogens is 302 g/mol. The van der Waals surface area contributed by atoms with Crippen LogP contribution in [0.5, 0.6) is 0 Å². The van der Waals surface area contributed by atoms with Gasteiger partial charge in [0.15, 0.2) is 5.13 Å². The van der Waals surface area contributed by atoms with E-state index in [0.29, 0.717) is 24.2 Å². The number of aromatic nitrogens is 1. The molecule has 4 rings (SSSR count). The van der Waals surface area contributed by atoms with Crippen LogP contribution >= 0.6 is 11.3 Å². The van der Waals surface area contributed by atoms with Crippen molar-refractivity contribution in [3.8, 4) is 0 Å². The first kappa shape index (κ1) is 14.4. The third kappa shape index (κ3) is 2.14. The first-order valence-corrected chi connectivity index (χ1v) is 8.68. The van der Waals surface area contributed by atoms with Crippen LogP contribution < -0.4 is 10.6 Å². The number of rotatable bonds is 5. The Morgan fingerprint density at radius 2 is 2.45 bits per heavy atom. The third-order valence-corrected chi connectivity index (χ3v) is 6.30. The van der Waals surface area contributed by atoms with E-state index >= 15 is 0 Å². The van der Waals surface area contributed by atoms with Crippen molar-refractivity contribution in [1.82, 2.24) is 10.3 Å². The van der Waals surface area contributed by atoms with Crippen LogP contribution in [0.3, 0.4) is 0 Å². The van der Waals surface area contributed by atoms with Gasteiger partial charge in [0.2, 0.25) is 0 Å². The summed E-state index contributed by atoms with van der Waals surface area (Å²) >= 11 is 1.41. The molecule has 1 saturated heterocycles. The van der Waals surface area contributed by atoms with Gasteiger partial charge in [0.05, 0.1) is 24.5 Å². The number of hydrogen-bond acceptors (Lipinski definition) is 5. The smallest absolute Gasteiger partial charge is 0.321 e. The van der Waals surface area contributed by atoms with Crippen molar-refractivity contribution < 1.29 is 14.3 Å². The maximum absolute atomic E-state index is 12.1. The van der Waals surface area contributed by atoms with E-state index in [1.54, 1.807) is 7.11 Å². The van der Waals surface area contributed by atoms with E-state index in [4.69, 9.17) is 9.47 Å². The number of thiazole rings is 1. The number of nitrogens with one attached hydrogen (secondary N) is 2. The largest absolute Gasteiger partial charge is 0.378 e. The zero-order valence-corrected chi connectivity index (χ0v) is 13.5. The van der Waals surface area contributed by atoms with Crippen molar-refractivity contribution in [2.45, 2.75) is 37.9 Å². The Bertz CT molecular complexity index is 586. The fourth-order valence-electron chi connectivity index (χ4n) is 4.04. The second kappa shape index (κ2) is 5.18.